The lowest BCUT2D eigenvalue weighted by molar-refractivity contribution is 0.0709. The Labute approximate surface area is 183 Å². The second kappa shape index (κ2) is 7.99. The molecular formula is C23H21FN6O2. The van der Waals surface area contributed by atoms with Crippen LogP contribution in [-0.4, -0.2) is 42.5 Å². The van der Waals surface area contributed by atoms with Gasteiger partial charge in [-0.1, -0.05) is 28.9 Å². The van der Waals surface area contributed by atoms with Crippen LogP contribution < -0.4 is 0 Å². The van der Waals surface area contributed by atoms with Crippen molar-refractivity contribution < 1.29 is 13.7 Å². The maximum Gasteiger partial charge on any atom is 0.256 e. The quantitative estimate of drug-likeness (QED) is 0.483. The summed E-state index contributed by atoms with van der Waals surface area (Å²) in [6.45, 7) is 4.18. The van der Waals surface area contributed by atoms with Crippen molar-refractivity contribution >= 4 is 5.91 Å². The molecular weight excluding hydrogens is 411 g/mol. The number of rotatable bonds is 4. The first-order chi connectivity index (χ1) is 15.5. The van der Waals surface area contributed by atoms with Crippen molar-refractivity contribution in [2.75, 3.05) is 6.54 Å². The molecule has 0 spiro atoms. The van der Waals surface area contributed by atoms with Crippen molar-refractivity contribution in [2.45, 2.75) is 32.7 Å². The zero-order valence-electron chi connectivity index (χ0n) is 17.7. The van der Waals surface area contributed by atoms with Crippen molar-refractivity contribution in [3.05, 3.63) is 77.2 Å². The van der Waals surface area contributed by atoms with E-state index < -0.39 is 0 Å². The molecule has 8 nitrogen and oxygen atoms in total. The van der Waals surface area contributed by atoms with Crippen molar-refractivity contribution in [2.24, 2.45) is 0 Å². The molecule has 1 unspecified atom stereocenters. The second-order valence-electron chi connectivity index (χ2n) is 7.86. The Morgan fingerprint density at radius 1 is 1.16 bits per heavy atom. The molecule has 0 radical (unpaired) electrons. The van der Waals surface area contributed by atoms with Gasteiger partial charge in [0.25, 0.3) is 5.91 Å². The highest BCUT2D eigenvalue weighted by Gasteiger charge is 2.36. The lowest BCUT2D eigenvalue weighted by Gasteiger charge is -2.23. The third-order valence-electron chi connectivity index (χ3n) is 5.77. The highest BCUT2D eigenvalue weighted by molar-refractivity contribution is 5.98. The predicted molar refractivity (Wildman–Crippen MR) is 114 cm³/mol. The second-order valence-corrected chi connectivity index (χ2v) is 7.86. The molecule has 3 heterocycles. The minimum Gasteiger partial charge on any atom is -0.337 e. The molecule has 1 fully saturated rings. The summed E-state index contributed by atoms with van der Waals surface area (Å²) in [5.74, 6) is 0.185. The molecule has 1 aliphatic rings. The van der Waals surface area contributed by atoms with E-state index >= 15 is 0 Å². The van der Waals surface area contributed by atoms with Gasteiger partial charge in [0.15, 0.2) is 0 Å². The summed E-state index contributed by atoms with van der Waals surface area (Å²) >= 11 is 0. The monoisotopic (exact) mass is 432 g/mol. The Morgan fingerprint density at radius 2 is 1.97 bits per heavy atom. The Hall–Kier alpha value is -3.88. The van der Waals surface area contributed by atoms with Crippen LogP contribution in [0.25, 0.3) is 17.1 Å². The van der Waals surface area contributed by atoms with E-state index in [2.05, 4.69) is 20.3 Å². The molecule has 5 rings (SSSR count). The summed E-state index contributed by atoms with van der Waals surface area (Å²) in [7, 11) is 0. The van der Waals surface area contributed by atoms with Crippen molar-refractivity contribution in [3.63, 3.8) is 0 Å². The lowest BCUT2D eigenvalue weighted by Crippen LogP contribution is -2.31. The SMILES string of the molecule is Cc1ccc(-n2nccn2)c(C(=O)N2CCCC2c2nc(-c3cccc(F)c3C)no2)c1. The number of amides is 1. The maximum absolute atomic E-state index is 14.0. The smallest absolute Gasteiger partial charge is 0.256 e. The van der Waals surface area contributed by atoms with E-state index in [1.807, 2.05) is 25.1 Å². The fourth-order valence-electron chi connectivity index (χ4n) is 4.09. The summed E-state index contributed by atoms with van der Waals surface area (Å²) in [6.07, 6.45) is 4.66. The highest BCUT2D eigenvalue weighted by Crippen LogP contribution is 2.34. The third-order valence-corrected chi connectivity index (χ3v) is 5.77. The average molecular weight is 432 g/mol. The molecule has 0 N–H and O–H groups in total. The molecule has 162 valence electrons. The molecule has 4 aromatic rings. The van der Waals surface area contributed by atoms with Crippen LogP contribution in [0.15, 0.2) is 53.3 Å². The van der Waals surface area contributed by atoms with Gasteiger partial charge in [0.05, 0.1) is 23.6 Å². The van der Waals surface area contributed by atoms with E-state index in [0.29, 0.717) is 47.1 Å². The lowest BCUT2D eigenvalue weighted by atomic mass is 10.1. The molecule has 1 aliphatic heterocycles. The van der Waals surface area contributed by atoms with Gasteiger partial charge in [-0.2, -0.15) is 20.0 Å². The first-order valence-electron chi connectivity index (χ1n) is 10.4. The van der Waals surface area contributed by atoms with Crippen molar-refractivity contribution in [3.8, 4) is 17.1 Å². The Bertz CT molecular complexity index is 1280. The van der Waals surface area contributed by atoms with Crippen LogP contribution in [0.4, 0.5) is 4.39 Å². The van der Waals surface area contributed by atoms with Crippen LogP contribution in [0.3, 0.4) is 0 Å². The van der Waals surface area contributed by atoms with Gasteiger partial charge in [-0.3, -0.25) is 4.79 Å². The first-order valence-corrected chi connectivity index (χ1v) is 10.4. The van der Waals surface area contributed by atoms with Crippen LogP contribution >= 0.6 is 0 Å². The van der Waals surface area contributed by atoms with Gasteiger partial charge in [0.2, 0.25) is 11.7 Å². The summed E-state index contributed by atoms with van der Waals surface area (Å²) in [4.78, 5) is 21.3. The van der Waals surface area contributed by atoms with Crippen LogP contribution in [0.5, 0.6) is 0 Å². The zero-order valence-corrected chi connectivity index (χ0v) is 17.7. The topological polar surface area (TPSA) is 89.9 Å². The Morgan fingerprint density at radius 3 is 2.78 bits per heavy atom. The highest BCUT2D eigenvalue weighted by atomic mass is 19.1. The standard InChI is InChI=1S/C23H21FN6O2/c1-14-8-9-19(30-25-10-11-26-30)17(13-14)23(31)29-12-4-7-20(29)22-27-21(28-32-22)16-5-3-6-18(24)15(16)2/h3,5-6,8-11,13,20H,4,7,12H2,1-2H3. The number of halogens is 1. The van der Waals surface area contributed by atoms with Crippen LogP contribution in [0, 0.1) is 19.7 Å². The molecule has 1 amide bonds. The van der Waals surface area contributed by atoms with Crippen LogP contribution in [0.1, 0.15) is 46.3 Å². The minimum atomic E-state index is -0.350. The Kier molecular flexibility index (Phi) is 5.01. The number of hydrogen-bond acceptors (Lipinski definition) is 6. The third kappa shape index (κ3) is 3.45. The summed E-state index contributed by atoms with van der Waals surface area (Å²) < 4.78 is 19.5. The van der Waals surface area contributed by atoms with Gasteiger partial charge in [0.1, 0.15) is 11.9 Å². The number of carbonyl (C=O) groups excluding carboxylic acids is 1. The number of aromatic nitrogens is 5. The van der Waals surface area contributed by atoms with Gasteiger partial charge in [-0.15, -0.1) is 0 Å². The van der Waals surface area contributed by atoms with Gasteiger partial charge in [-0.05, 0) is 50.5 Å². The minimum absolute atomic E-state index is 0.148. The summed E-state index contributed by atoms with van der Waals surface area (Å²) in [5.41, 5.74) is 3.10. The molecule has 0 bridgehead atoms. The normalized spacial score (nSPS) is 16.0. The van der Waals surface area contributed by atoms with E-state index in [1.54, 1.807) is 36.4 Å². The molecule has 1 atom stereocenters. The largest absolute Gasteiger partial charge is 0.337 e. The van der Waals surface area contributed by atoms with Crippen LogP contribution in [0.2, 0.25) is 0 Å². The van der Waals surface area contributed by atoms with Crippen molar-refractivity contribution in [1.29, 1.82) is 0 Å². The van der Waals surface area contributed by atoms with E-state index in [-0.39, 0.29) is 17.8 Å². The van der Waals surface area contributed by atoms with E-state index in [1.165, 1.54) is 10.9 Å². The Balaban J connectivity index is 1.48. The van der Waals surface area contributed by atoms with Gasteiger partial charge in [0, 0.05) is 12.1 Å². The molecule has 2 aromatic heterocycles. The summed E-state index contributed by atoms with van der Waals surface area (Å²) in [5, 5.41) is 12.4. The number of carbonyl (C=O) groups is 1. The molecule has 32 heavy (non-hydrogen) atoms. The van der Waals surface area contributed by atoms with Gasteiger partial charge in [-0.25, -0.2) is 4.39 Å². The molecule has 1 saturated heterocycles. The molecule has 0 aliphatic carbocycles. The predicted octanol–water partition coefficient (Wildman–Crippen LogP) is 4.05. The van der Waals surface area contributed by atoms with E-state index in [4.69, 9.17) is 4.52 Å². The zero-order chi connectivity index (χ0) is 22.2. The molecule has 2 aromatic carbocycles. The van der Waals surface area contributed by atoms with Gasteiger partial charge < -0.3 is 9.42 Å². The van der Waals surface area contributed by atoms with Crippen molar-refractivity contribution in [1.82, 2.24) is 30.0 Å². The van der Waals surface area contributed by atoms with Gasteiger partial charge >= 0.3 is 0 Å². The molecule has 0 saturated carbocycles. The number of nitrogens with zero attached hydrogens (tertiary/aromatic N) is 6. The number of likely N-dealkylation sites (tertiary alicyclic amines) is 1. The average Bonchev–Trinajstić information content (AvgIpc) is 3.56. The van der Waals surface area contributed by atoms with Crippen LogP contribution in [-0.2, 0) is 0 Å². The summed E-state index contributed by atoms with van der Waals surface area (Å²) in [6, 6.07) is 10.0. The first kappa shape index (κ1) is 20.0. The number of hydrogen-bond donors (Lipinski definition) is 0. The number of benzene rings is 2. The fraction of sp³-hybridized carbons (Fsp3) is 0.261. The van der Waals surface area contributed by atoms with E-state index in [9.17, 15) is 9.18 Å². The van der Waals surface area contributed by atoms with E-state index in [0.717, 1.165) is 12.0 Å². The fourth-order valence-corrected chi connectivity index (χ4v) is 4.09. The molecule has 9 heteroatoms. The maximum atomic E-state index is 14.0. The number of aryl methyl sites for hydroxylation is 1.